The Hall–Kier alpha value is -0.300. The molecule has 1 heterocycles. The fraction of sp³-hybridized carbons (Fsp3) is 0.750. The Labute approximate surface area is 56.1 Å². The number of rotatable bonds is 0. The molecule has 2 rings (SSSR count). The lowest BCUT2D eigenvalue weighted by Crippen LogP contribution is -2.25. The Bertz CT molecular complexity index is 129. The summed E-state index contributed by atoms with van der Waals surface area (Å²) in [5, 5.41) is 3.47. The minimum atomic E-state index is 0.735. The van der Waals surface area contributed by atoms with E-state index in [1.807, 2.05) is 0 Å². The topological polar surface area (TPSA) is 12.0 Å². The zero-order valence-corrected chi connectivity index (χ0v) is 5.64. The molecule has 0 unspecified atom stereocenters. The minimum absolute atomic E-state index is 0.735. The van der Waals surface area contributed by atoms with Crippen LogP contribution in [-0.4, -0.2) is 12.6 Å². The Kier molecular flexibility index (Phi) is 1.31. The van der Waals surface area contributed by atoms with Crippen molar-refractivity contribution in [2.75, 3.05) is 6.54 Å². The van der Waals surface area contributed by atoms with E-state index < -0.39 is 0 Å². The van der Waals surface area contributed by atoms with Gasteiger partial charge in [0.25, 0.3) is 0 Å². The number of fused-ring (bicyclic) bond motifs is 1. The fourth-order valence-electron chi connectivity index (χ4n) is 1.88. The van der Waals surface area contributed by atoms with Gasteiger partial charge in [-0.05, 0) is 31.7 Å². The summed E-state index contributed by atoms with van der Waals surface area (Å²) in [4.78, 5) is 0. The van der Waals surface area contributed by atoms with E-state index in [0.29, 0.717) is 0 Å². The first-order valence-electron chi connectivity index (χ1n) is 3.87. The molecule has 9 heavy (non-hydrogen) atoms. The molecule has 1 fully saturated rings. The van der Waals surface area contributed by atoms with Crippen LogP contribution in [0.25, 0.3) is 0 Å². The Morgan fingerprint density at radius 3 is 3.22 bits per heavy atom. The highest BCUT2D eigenvalue weighted by atomic mass is 14.9. The van der Waals surface area contributed by atoms with E-state index in [4.69, 9.17) is 0 Å². The third kappa shape index (κ3) is 0.897. The highest BCUT2D eigenvalue weighted by molar-refractivity contribution is 5.04. The minimum Gasteiger partial charge on any atom is -0.310 e. The van der Waals surface area contributed by atoms with E-state index in [1.165, 1.54) is 25.8 Å². The van der Waals surface area contributed by atoms with Crippen LogP contribution in [0.3, 0.4) is 0 Å². The summed E-state index contributed by atoms with van der Waals surface area (Å²) in [6.07, 6.45) is 8.76. The van der Waals surface area contributed by atoms with Gasteiger partial charge in [0.1, 0.15) is 0 Å². The van der Waals surface area contributed by atoms with Gasteiger partial charge in [-0.2, -0.15) is 0 Å². The molecule has 1 N–H and O–H groups in total. The van der Waals surface area contributed by atoms with Gasteiger partial charge in [-0.3, -0.25) is 0 Å². The molecule has 0 bridgehead atoms. The van der Waals surface area contributed by atoms with Crippen LogP contribution in [0.4, 0.5) is 0 Å². The van der Waals surface area contributed by atoms with E-state index in [0.717, 1.165) is 12.0 Å². The van der Waals surface area contributed by atoms with Gasteiger partial charge in [0.2, 0.25) is 0 Å². The first kappa shape index (κ1) is 5.48. The zero-order chi connectivity index (χ0) is 6.10. The van der Waals surface area contributed by atoms with Gasteiger partial charge in [0.15, 0.2) is 0 Å². The lowest BCUT2D eigenvalue weighted by molar-refractivity contribution is 0.460. The number of hydrogen-bond acceptors (Lipinski definition) is 1. The Morgan fingerprint density at radius 1 is 1.33 bits per heavy atom. The summed E-state index contributed by atoms with van der Waals surface area (Å²) >= 11 is 0. The normalized spacial score (nSPS) is 40.9. The van der Waals surface area contributed by atoms with E-state index in [2.05, 4.69) is 17.5 Å². The summed E-state index contributed by atoms with van der Waals surface area (Å²) in [5.41, 5.74) is 0. The number of nitrogens with one attached hydrogen (secondary N) is 1. The standard InChI is InChI=1S/C8H13N/c1-2-4-8-7(3-1)5-6-9-8/h2,4,7-9H,1,3,5-6H2/t7-,8-/m1/s1. The van der Waals surface area contributed by atoms with Gasteiger partial charge < -0.3 is 5.32 Å². The smallest absolute Gasteiger partial charge is 0.0278 e. The molecule has 0 saturated carbocycles. The average Bonchev–Trinajstić information content (AvgIpc) is 2.33. The quantitative estimate of drug-likeness (QED) is 0.479. The lowest BCUT2D eigenvalue weighted by atomic mass is 9.91. The second-order valence-corrected chi connectivity index (χ2v) is 3.03. The van der Waals surface area contributed by atoms with Gasteiger partial charge in [-0.1, -0.05) is 12.2 Å². The van der Waals surface area contributed by atoms with Crippen LogP contribution in [0, 0.1) is 5.92 Å². The summed E-state index contributed by atoms with van der Waals surface area (Å²) in [6, 6.07) is 0.735. The molecule has 50 valence electrons. The third-order valence-electron chi connectivity index (χ3n) is 2.45. The SMILES string of the molecule is C1=C[C@H]2NCC[C@H]2CC1. The predicted octanol–water partition coefficient (Wildman–Crippen LogP) is 1.31. The number of allylic oxidation sites excluding steroid dienone is 1. The van der Waals surface area contributed by atoms with Crippen molar-refractivity contribution in [3.05, 3.63) is 12.2 Å². The Balaban J connectivity index is 2.10. The fourth-order valence-corrected chi connectivity index (χ4v) is 1.88. The molecule has 0 radical (unpaired) electrons. The van der Waals surface area contributed by atoms with Gasteiger partial charge >= 0.3 is 0 Å². The molecule has 1 saturated heterocycles. The van der Waals surface area contributed by atoms with E-state index in [-0.39, 0.29) is 0 Å². The van der Waals surface area contributed by atoms with Crippen LogP contribution in [0.15, 0.2) is 12.2 Å². The van der Waals surface area contributed by atoms with Crippen molar-refractivity contribution in [3.63, 3.8) is 0 Å². The third-order valence-corrected chi connectivity index (χ3v) is 2.45. The van der Waals surface area contributed by atoms with Crippen LogP contribution < -0.4 is 5.32 Å². The monoisotopic (exact) mass is 123 g/mol. The molecular weight excluding hydrogens is 110 g/mol. The average molecular weight is 123 g/mol. The van der Waals surface area contributed by atoms with Crippen molar-refractivity contribution in [1.82, 2.24) is 5.32 Å². The highest BCUT2D eigenvalue weighted by Gasteiger charge is 2.25. The van der Waals surface area contributed by atoms with Gasteiger partial charge in [0.05, 0.1) is 0 Å². The molecular formula is C8H13N. The molecule has 0 aromatic rings. The molecule has 2 aliphatic rings. The van der Waals surface area contributed by atoms with Gasteiger partial charge in [-0.15, -0.1) is 0 Å². The predicted molar refractivity (Wildman–Crippen MR) is 38.3 cm³/mol. The van der Waals surface area contributed by atoms with Crippen LogP contribution in [-0.2, 0) is 0 Å². The van der Waals surface area contributed by atoms with Crippen LogP contribution >= 0.6 is 0 Å². The Morgan fingerprint density at radius 2 is 2.33 bits per heavy atom. The van der Waals surface area contributed by atoms with Crippen molar-refractivity contribution in [2.45, 2.75) is 25.3 Å². The maximum atomic E-state index is 3.47. The maximum Gasteiger partial charge on any atom is 0.0278 e. The van der Waals surface area contributed by atoms with Crippen molar-refractivity contribution >= 4 is 0 Å². The van der Waals surface area contributed by atoms with E-state index in [1.54, 1.807) is 0 Å². The van der Waals surface area contributed by atoms with Crippen LogP contribution in [0.1, 0.15) is 19.3 Å². The highest BCUT2D eigenvalue weighted by Crippen LogP contribution is 2.25. The molecule has 1 heteroatoms. The van der Waals surface area contributed by atoms with Crippen LogP contribution in [0.5, 0.6) is 0 Å². The maximum absolute atomic E-state index is 3.47. The lowest BCUT2D eigenvalue weighted by Gasteiger charge is -2.18. The summed E-state index contributed by atoms with van der Waals surface area (Å²) in [6.45, 7) is 1.24. The molecule has 1 nitrogen and oxygen atoms in total. The summed E-state index contributed by atoms with van der Waals surface area (Å²) in [7, 11) is 0. The largest absolute Gasteiger partial charge is 0.310 e. The molecule has 1 aliphatic heterocycles. The van der Waals surface area contributed by atoms with E-state index >= 15 is 0 Å². The first-order chi connectivity index (χ1) is 4.47. The second-order valence-electron chi connectivity index (χ2n) is 3.03. The first-order valence-corrected chi connectivity index (χ1v) is 3.87. The molecule has 0 amide bonds. The van der Waals surface area contributed by atoms with Gasteiger partial charge in [0, 0.05) is 6.04 Å². The van der Waals surface area contributed by atoms with Crippen LogP contribution in [0.2, 0.25) is 0 Å². The number of hydrogen-bond donors (Lipinski definition) is 1. The van der Waals surface area contributed by atoms with Crippen molar-refractivity contribution < 1.29 is 0 Å². The molecule has 1 aliphatic carbocycles. The zero-order valence-electron chi connectivity index (χ0n) is 5.64. The van der Waals surface area contributed by atoms with Crippen molar-refractivity contribution in [3.8, 4) is 0 Å². The summed E-state index contributed by atoms with van der Waals surface area (Å²) in [5.74, 6) is 0.968. The molecule has 0 aromatic heterocycles. The molecule has 0 aromatic carbocycles. The van der Waals surface area contributed by atoms with E-state index in [9.17, 15) is 0 Å². The second kappa shape index (κ2) is 2.14. The van der Waals surface area contributed by atoms with Crippen molar-refractivity contribution in [1.29, 1.82) is 0 Å². The molecule has 0 spiro atoms. The summed E-state index contributed by atoms with van der Waals surface area (Å²) < 4.78 is 0. The molecule has 2 atom stereocenters. The van der Waals surface area contributed by atoms with Crippen molar-refractivity contribution in [2.24, 2.45) is 5.92 Å². The van der Waals surface area contributed by atoms with Gasteiger partial charge in [-0.25, -0.2) is 0 Å².